The number of fused-ring (bicyclic) bond motifs is 1. The molecule has 0 unspecified atom stereocenters. The van der Waals surface area contributed by atoms with E-state index in [0.29, 0.717) is 0 Å². The second kappa shape index (κ2) is 5.17. The Bertz CT molecular complexity index is 624. The highest BCUT2D eigenvalue weighted by Gasteiger charge is 2.26. The van der Waals surface area contributed by atoms with Crippen LogP contribution in [0.3, 0.4) is 0 Å². The summed E-state index contributed by atoms with van der Waals surface area (Å²) in [5.74, 6) is 7.17. The molecule has 2 heterocycles. The molecule has 1 aromatic carbocycles. The molecule has 1 atom stereocenters. The number of hydrogen-bond acceptors (Lipinski definition) is 5. The summed E-state index contributed by atoms with van der Waals surface area (Å²) in [6.07, 6.45) is 0. The summed E-state index contributed by atoms with van der Waals surface area (Å²) in [7, 11) is 0. The van der Waals surface area contributed by atoms with Crippen molar-refractivity contribution in [3.8, 4) is 0 Å². The molecule has 0 radical (unpaired) electrons. The van der Waals surface area contributed by atoms with Crippen LogP contribution in [0.2, 0.25) is 4.34 Å². The van der Waals surface area contributed by atoms with E-state index in [4.69, 9.17) is 17.4 Å². The summed E-state index contributed by atoms with van der Waals surface area (Å²) in [6.45, 7) is 2.10. The number of anilines is 1. The molecule has 1 aliphatic rings. The maximum absolute atomic E-state index is 6.18. The minimum absolute atomic E-state index is 0.144. The Morgan fingerprint density at radius 2 is 2.05 bits per heavy atom. The number of nitrogens with zero attached hydrogens (tertiary/aromatic N) is 2. The van der Waals surface area contributed by atoms with Crippen LogP contribution >= 0.6 is 34.9 Å². The van der Waals surface area contributed by atoms with Crippen molar-refractivity contribution in [1.29, 1.82) is 0 Å². The van der Waals surface area contributed by atoms with Gasteiger partial charge in [0.05, 0.1) is 10.0 Å². The Hall–Kier alpha value is -1.01. The third-order valence-corrected chi connectivity index (χ3v) is 5.24. The van der Waals surface area contributed by atoms with Gasteiger partial charge in [0.25, 0.3) is 0 Å². The van der Waals surface area contributed by atoms with Crippen molar-refractivity contribution in [1.82, 2.24) is 0 Å². The molecule has 19 heavy (non-hydrogen) atoms. The molecule has 0 bridgehead atoms. The smallest absolute Gasteiger partial charge is 0.139 e. The molecule has 1 aromatic heterocycles. The number of amidine groups is 1. The molecule has 0 amide bonds. The maximum Gasteiger partial charge on any atom is 0.139 e. The molecule has 0 spiro atoms. The van der Waals surface area contributed by atoms with E-state index in [2.05, 4.69) is 23.5 Å². The largest absolute Gasteiger partial charge is 0.263 e. The summed E-state index contributed by atoms with van der Waals surface area (Å²) in [5, 5.41) is 1.64. The quantitative estimate of drug-likeness (QED) is 0.664. The second-order valence-electron chi connectivity index (χ2n) is 4.27. The maximum atomic E-state index is 6.18. The van der Waals surface area contributed by atoms with Crippen molar-refractivity contribution in [2.75, 3.05) is 5.01 Å². The molecule has 3 rings (SSSR count). The van der Waals surface area contributed by atoms with Crippen LogP contribution in [-0.2, 0) is 0 Å². The predicted molar refractivity (Wildman–Crippen MR) is 84.1 cm³/mol. The Balaban J connectivity index is 1.92. The van der Waals surface area contributed by atoms with Crippen LogP contribution in [0.1, 0.15) is 18.4 Å². The van der Waals surface area contributed by atoms with Gasteiger partial charge in [-0.1, -0.05) is 48.9 Å². The zero-order valence-corrected chi connectivity index (χ0v) is 12.6. The van der Waals surface area contributed by atoms with Crippen molar-refractivity contribution >= 4 is 46.4 Å². The minimum atomic E-state index is 0.144. The molecule has 1 aliphatic heterocycles. The zero-order chi connectivity index (χ0) is 13.4. The lowest BCUT2D eigenvalue weighted by Gasteiger charge is -2.27. The van der Waals surface area contributed by atoms with E-state index in [1.54, 1.807) is 5.01 Å². The van der Waals surface area contributed by atoms with E-state index in [0.717, 1.165) is 20.1 Å². The number of rotatable bonds is 2. The van der Waals surface area contributed by atoms with E-state index in [1.807, 2.05) is 24.3 Å². The SMILES string of the molecule is C[C@@H](C1=NSc2sc(Cl)cc2N1N)c1ccccc1. The first-order valence-electron chi connectivity index (χ1n) is 5.81. The monoisotopic (exact) mass is 309 g/mol. The highest BCUT2D eigenvalue weighted by atomic mass is 35.5. The van der Waals surface area contributed by atoms with Crippen molar-refractivity contribution < 1.29 is 0 Å². The first-order chi connectivity index (χ1) is 9.16. The van der Waals surface area contributed by atoms with Gasteiger partial charge in [0.2, 0.25) is 0 Å². The Labute approximate surface area is 125 Å². The summed E-state index contributed by atoms with van der Waals surface area (Å²) in [4.78, 5) is 0. The number of hydrazine groups is 1. The number of hydrogen-bond donors (Lipinski definition) is 1. The van der Waals surface area contributed by atoms with Crippen molar-refractivity contribution in [2.24, 2.45) is 10.2 Å². The van der Waals surface area contributed by atoms with Gasteiger partial charge in [0.1, 0.15) is 10.0 Å². The van der Waals surface area contributed by atoms with Gasteiger partial charge >= 0.3 is 0 Å². The first-order valence-corrected chi connectivity index (χ1v) is 7.77. The molecule has 0 saturated carbocycles. The van der Waals surface area contributed by atoms with Gasteiger partial charge in [-0.3, -0.25) is 5.01 Å². The van der Waals surface area contributed by atoms with E-state index >= 15 is 0 Å². The van der Waals surface area contributed by atoms with Crippen molar-refractivity contribution in [2.45, 2.75) is 17.1 Å². The number of halogens is 1. The summed E-state index contributed by atoms with van der Waals surface area (Å²) in [6, 6.07) is 12.1. The average Bonchev–Trinajstić information content (AvgIpc) is 2.81. The predicted octanol–water partition coefficient (Wildman–Crippen LogP) is 4.30. The van der Waals surface area contributed by atoms with Gasteiger partial charge < -0.3 is 0 Å². The lowest BCUT2D eigenvalue weighted by atomic mass is 10.00. The number of thiophene rings is 1. The fourth-order valence-corrected chi connectivity index (χ4v) is 4.29. The topological polar surface area (TPSA) is 41.6 Å². The molecule has 98 valence electrons. The van der Waals surface area contributed by atoms with Crippen LogP contribution in [0.15, 0.2) is 45.0 Å². The third-order valence-electron chi connectivity index (χ3n) is 3.06. The van der Waals surface area contributed by atoms with Gasteiger partial charge in [-0.15, -0.1) is 11.3 Å². The highest BCUT2D eigenvalue weighted by molar-refractivity contribution is 8.00. The van der Waals surface area contributed by atoms with Crippen LogP contribution in [0.5, 0.6) is 0 Å². The van der Waals surface area contributed by atoms with E-state index in [9.17, 15) is 0 Å². The van der Waals surface area contributed by atoms with Crippen LogP contribution < -0.4 is 10.9 Å². The van der Waals surface area contributed by atoms with Crippen LogP contribution in [0.25, 0.3) is 0 Å². The summed E-state index contributed by atoms with van der Waals surface area (Å²) >= 11 is 8.98. The molecule has 0 fully saturated rings. The van der Waals surface area contributed by atoms with Gasteiger partial charge in [-0.25, -0.2) is 5.84 Å². The lowest BCUT2D eigenvalue weighted by Crippen LogP contribution is -2.41. The van der Waals surface area contributed by atoms with Crippen LogP contribution in [0, 0.1) is 0 Å². The van der Waals surface area contributed by atoms with Crippen LogP contribution in [0.4, 0.5) is 5.69 Å². The first kappa shape index (κ1) is 13.0. The third kappa shape index (κ3) is 2.39. The van der Waals surface area contributed by atoms with Crippen LogP contribution in [-0.4, -0.2) is 5.84 Å². The molecule has 0 aliphatic carbocycles. The molecular weight excluding hydrogens is 298 g/mol. The normalized spacial score (nSPS) is 15.9. The van der Waals surface area contributed by atoms with Gasteiger partial charge in [-0.05, 0) is 11.6 Å². The molecule has 2 aromatic rings. The molecule has 3 nitrogen and oxygen atoms in total. The Kier molecular flexibility index (Phi) is 3.54. The van der Waals surface area contributed by atoms with Gasteiger partial charge in [0.15, 0.2) is 0 Å². The molecule has 6 heteroatoms. The highest BCUT2D eigenvalue weighted by Crippen LogP contribution is 2.44. The zero-order valence-electron chi connectivity index (χ0n) is 10.2. The fraction of sp³-hybridized carbons (Fsp3) is 0.154. The fourth-order valence-electron chi connectivity index (χ4n) is 2.00. The Morgan fingerprint density at radius 3 is 2.79 bits per heavy atom. The molecule has 2 N–H and O–H groups in total. The molecular formula is C13H12ClN3S2. The van der Waals surface area contributed by atoms with Crippen molar-refractivity contribution in [3.05, 3.63) is 46.3 Å². The van der Waals surface area contributed by atoms with Gasteiger partial charge in [-0.2, -0.15) is 4.40 Å². The van der Waals surface area contributed by atoms with Crippen molar-refractivity contribution in [3.63, 3.8) is 0 Å². The number of benzene rings is 1. The average molecular weight is 310 g/mol. The summed E-state index contributed by atoms with van der Waals surface area (Å²) < 4.78 is 6.30. The Morgan fingerprint density at radius 1 is 1.32 bits per heavy atom. The van der Waals surface area contributed by atoms with Gasteiger partial charge in [0, 0.05) is 17.9 Å². The van der Waals surface area contributed by atoms with E-state index in [1.165, 1.54) is 28.8 Å². The van der Waals surface area contributed by atoms with E-state index < -0.39 is 0 Å². The number of nitrogens with two attached hydrogens (primary N) is 1. The second-order valence-corrected chi connectivity index (χ2v) is 6.98. The minimum Gasteiger partial charge on any atom is -0.263 e. The standard InChI is InChI=1S/C13H12ClN3S2/c1-8(9-5-3-2-4-6-9)12-16-19-13-10(17(12)15)7-11(14)18-13/h2-8H,15H2,1H3/t8-/m1/s1. The van der Waals surface area contributed by atoms with E-state index in [-0.39, 0.29) is 5.92 Å². The molecule has 0 saturated heterocycles. The summed E-state index contributed by atoms with van der Waals surface area (Å²) in [5.41, 5.74) is 2.13. The lowest BCUT2D eigenvalue weighted by molar-refractivity contribution is 0.951.